The minimum Gasteiger partial charge on any atom is -0.387 e. The number of anilines is 1. The van der Waals surface area contributed by atoms with Crippen molar-refractivity contribution in [2.75, 3.05) is 11.9 Å². The predicted octanol–water partition coefficient (Wildman–Crippen LogP) is 1.52. The number of hydrogen-bond donors (Lipinski definition) is 4. The predicted molar refractivity (Wildman–Crippen MR) is 64.5 cm³/mol. The third kappa shape index (κ3) is 4.50. The minimum absolute atomic E-state index is 0.0204. The van der Waals surface area contributed by atoms with Gasteiger partial charge in [-0.25, -0.2) is 9.18 Å². The quantitative estimate of drug-likeness (QED) is 0.473. The molecule has 1 atom stereocenters. The molecule has 0 aliphatic rings. The topological polar surface area (TPSA) is 91.0 Å². The Bertz CT molecular complexity index is 404. The van der Waals surface area contributed by atoms with E-state index in [0.29, 0.717) is 5.69 Å². The molecule has 2 amide bonds. The van der Waals surface area contributed by atoms with Crippen molar-refractivity contribution in [2.45, 2.75) is 6.92 Å². The lowest BCUT2D eigenvalue weighted by Gasteiger charge is -2.11. The molecule has 0 bridgehead atoms. The normalized spacial score (nSPS) is 11.6. The van der Waals surface area contributed by atoms with E-state index < -0.39 is 6.03 Å². The van der Waals surface area contributed by atoms with E-state index in [0.717, 1.165) is 0 Å². The van der Waals surface area contributed by atoms with E-state index in [1.807, 2.05) is 0 Å². The van der Waals surface area contributed by atoms with Gasteiger partial charge in [0.15, 0.2) is 0 Å². The second-order valence-corrected chi connectivity index (χ2v) is 3.70. The van der Waals surface area contributed by atoms with E-state index in [1.54, 1.807) is 6.92 Å². The highest BCUT2D eigenvalue weighted by Gasteiger charge is 2.07. The number of hydrogen-bond acceptors (Lipinski definition) is 2. The number of carbonyl (C=O) groups excluding carboxylic acids is 1. The van der Waals surface area contributed by atoms with Gasteiger partial charge in [-0.05, 0) is 24.3 Å². The molecular weight excluding hydrogens is 223 g/mol. The Morgan fingerprint density at radius 2 is 2.06 bits per heavy atom. The number of amidine groups is 1. The van der Waals surface area contributed by atoms with Gasteiger partial charge in [0.05, 0.1) is 5.84 Å². The van der Waals surface area contributed by atoms with Crippen LogP contribution in [0.3, 0.4) is 0 Å². The summed E-state index contributed by atoms with van der Waals surface area (Å²) in [5, 5.41) is 12.3. The van der Waals surface area contributed by atoms with Crippen molar-refractivity contribution in [3.8, 4) is 0 Å². The van der Waals surface area contributed by atoms with Crippen LogP contribution in [0.1, 0.15) is 6.92 Å². The van der Waals surface area contributed by atoms with Crippen molar-refractivity contribution < 1.29 is 9.18 Å². The molecule has 5 N–H and O–H groups in total. The Morgan fingerprint density at radius 1 is 1.47 bits per heavy atom. The Morgan fingerprint density at radius 3 is 2.59 bits per heavy atom. The molecule has 6 heteroatoms. The third-order valence-electron chi connectivity index (χ3n) is 2.20. The summed E-state index contributed by atoms with van der Waals surface area (Å²) in [6.07, 6.45) is 0. The van der Waals surface area contributed by atoms with Crippen LogP contribution in [0.15, 0.2) is 24.3 Å². The van der Waals surface area contributed by atoms with Crippen LogP contribution < -0.4 is 16.4 Å². The molecule has 5 nitrogen and oxygen atoms in total. The van der Waals surface area contributed by atoms with Crippen LogP contribution in [0, 0.1) is 17.1 Å². The Hall–Kier alpha value is -2.11. The molecule has 0 heterocycles. The zero-order valence-corrected chi connectivity index (χ0v) is 9.46. The first-order chi connectivity index (χ1) is 7.99. The largest absolute Gasteiger partial charge is 0.387 e. The average molecular weight is 238 g/mol. The van der Waals surface area contributed by atoms with E-state index in [4.69, 9.17) is 11.1 Å². The smallest absolute Gasteiger partial charge is 0.319 e. The Balaban J connectivity index is 2.39. The number of halogens is 1. The van der Waals surface area contributed by atoms with Gasteiger partial charge in [0, 0.05) is 18.2 Å². The highest BCUT2D eigenvalue weighted by atomic mass is 19.1. The summed E-state index contributed by atoms with van der Waals surface area (Å²) in [5.41, 5.74) is 5.76. The maximum Gasteiger partial charge on any atom is 0.319 e. The first-order valence-corrected chi connectivity index (χ1v) is 5.13. The third-order valence-corrected chi connectivity index (χ3v) is 2.20. The number of benzene rings is 1. The molecule has 0 spiro atoms. The second-order valence-electron chi connectivity index (χ2n) is 3.70. The van der Waals surface area contributed by atoms with Gasteiger partial charge in [-0.1, -0.05) is 6.92 Å². The molecule has 92 valence electrons. The average Bonchev–Trinajstić information content (AvgIpc) is 2.29. The molecule has 1 aromatic carbocycles. The lowest BCUT2D eigenvalue weighted by molar-refractivity contribution is 0.251. The molecule has 1 rings (SSSR count). The fraction of sp³-hybridized carbons (Fsp3) is 0.273. The van der Waals surface area contributed by atoms with Gasteiger partial charge in [-0.2, -0.15) is 0 Å². The number of carbonyl (C=O) groups is 1. The van der Waals surface area contributed by atoms with Crippen molar-refractivity contribution in [1.82, 2.24) is 5.32 Å². The number of urea groups is 1. The second kappa shape index (κ2) is 5.83. The highest BCUT2D eigenvalue weighted by molar-refractivity contribution is 5.89. The molecular formula is C11H15FN4O. The van der Waals surface area contributed by atoms with Gasteiger partial charge in [-0.15, -0.1) is 0 Å². The van der Waals surface area contributed by atoms with Crippen LogP contribution in [0.25, 0.3) is 0 Å². The first kappa shape index (κ1) is 13.0. The molecule has 0 saturated heterocycles. The summed E-state index contributed by atoms with van der Waals surface area (Å²) in [7, 11) is 0. The zero-order chi connectivity index (χ0) is 12.8. The van der Waals surface area contributed by atoms with Gasteiger partial charge >= 0.3 is 6.03 Å². The summed E-state index contributed by atoms with van der Waals surface area (Å²) >= 11 is 0. The van der Waals surface area contributed by atoms with E-state index in [2.05, 4.69) is 10.6 Å². The summed E-state index contributed by atoms with van der Waals surface area (Å²) in [5.74, 6) is -0.554. The highest BCUT2D eigenvalue weighted by Crippen LogP contribution is 2.07. The SMILES string of the molecule is CC(CNC(=O)Nc1ccc(F)cc1)C(=N)N. The van der Waals surface area contributed by atoms with Crippen LogP contribution in [-0.2, 0) is 0 Å². The molecule has 0 aliphatic carbocycles. The van der Waals surface area contributed by atoms with Gasteiger partial charge in [0.1, 0.15) is 5.82 Å². The van der Waals surface area contributed by atoms with Crippen molar-refractivity contribution in [2.24, 2.45) is 11.7 Å². The van der Waals surface area contributed by atoms with Crippen molar-refractivity contribution in [3.63, 3.8) is 0 Å². The summed E-state index contributed by atoms with van der Waals surface area (Å²) < 4.78 is 12.6. The fourth-order valence-electron chi connectivity index (χ4n) is 1.06. The van der Waals surface area contributed by atoms with Crippen molar-refractivity contribution >= 4 is 17.6 Å². The molecule has 0 radical (unpaired) electrons. The van der Waals surface area contributed by atoms with E-state index in [9.17, 15) is 9.18 Å². The van der Waals surface area contributed by atoms with E-state index in [1.165, 1.54) is 24.3 Å². The van der Waals surface area contributed by atoms with Crippen LogP contribution in [0.5, 0.6) is 0 Å². The lowest BCUT2D eigenvalue weighted by atomic mass is 10.1. The summed E-state index contributed by atoms with van der Waals surface area (Å²) in [6.45, 7) is 2.02. The van der Waals surface area contributed by atoms with Crippen molar-refractivity contribution in [3.05, 3.63) is 30.1 Å². The molecule has 0 aliphatic heterocycles. The Kier molecular flexibility index (Phi) is 4.45. The van der Waals surface area contributed by atoms with E-state index >= 15 is 0 Å². The molecule has 0 saturated carbocycles. The molecule has 1 unspecified atom stereocenters. The number of rotatable bonds is 4. The number of nitrogens with two attached hydrogens (primary N) is 1. The van der Waals surface area contributed by atoms with Gasteiger partial charge in [0.2, 0.25) is 0 Å². The van der Waals surface area contributed by atoms with Crippen LogP contribution >= 0.6 is 0 Å². The Labute approximate surface area is 98.7 Å². The zero-order valence-electron chi connectivity index (χ0n) is 9.46. The van der Waals surface area contributed by atoms with Crippen molar-refractivity contribution in [1.29, 1.82) is 5.41 Å². The monoisotopic (exact) mass is 238 g/mol. The molecule has 17 heavy (non-hydrogen) atoms. The molecule has 0 aromatic heterocycles. The van der Waals surface area contributed by atoms with Gasteiger partial charge in [-0.3, -0.25) is 5.41 Å². The molecule has 1 aromatic rings. The lowest BCUT2D eigenvalue weighted by Crippen LogP contribution is -2.36. The van der Waals surface area contributed by atoms with Gasteiger partial charge in [0.25, 0.3) is 0 Å². The maximum absolute atomic E-state index is 12.6. The standard InChI is InChI=1S/C11H15FN4O/c1-7(10(13)14)6-15-11(17)16-9-4-2-8(12)3-5-9/h2-5,7H,6H2,1H3,(H3,13,14)(H2,15,16,17). The van der Waals surface area contributed by atoms with Crippen LogP contribution in [0.4, 0.5) is 14.9 Å². The minimum atomic E-state index is -0.412. The number of amides is 2. The maximum atomic E-state index is 12.6. The summed E-state index contributed by atoms with van der Waals surface area (Å²) in [4.78, 5) is 11.4. The number of nitrogens with one attached hydrogen (secondary N) is 3. The van der Waals surface area contributed by atoms with E-state index in [-0.39, 0.29) is 24.1 Å². The summed E-state index contributed by atoms with van der Waals surface area (Å²) in [6, 6.07) is 5.03. The van der Waals surface area contributed by atoms with Crippen LogP contribution in [-0.4, -0.2) is 18.4 Å². The fourth-order valence-corrected chi connectivity index (χ4v) is 1.06. The molecule has 0 fully saturated rings. The first-order valence-electron chi connectivity index (χ1n) is 5.13. The van der Waals surface area contributed by atoms with Gasteiger partial charge < -0.3 is 16.4 Å². The van der Waals surface area contributed by atoms with Crippen LogP contribution in [0.2, 0.25) is 0 Å².